The number of hydrogen-bond donors (Lipinski definition) is 0. The molecule has 0 bridgehead atoms. The van der Waals surface area contributed by atoms with Gasteiger partial charge in [0.15, 0.2) is 0 Å². The fourth-order valence-electron chi connectivity index (χ4n) is 3.71. The Bertz CT molecular complexity index is 538. The monoisotopic (exact) mass is 310 g/mol. The topological polar surface area (TPSA) is 6.48 Å². The zero-order chi connectivity index (χ0) is 16.1. The molecule has 23 heavy (non-hydrogen) atoms. The third-order valence-electron chi connectivity index (χ3n) is 5.34. The maximum Gasteiger partial charge on any atom is 0.0234 e. The first kappa shape index (κ1) is 16.5. The van der Waals surface area contributed by atoms with Crippen LogP contribution in [0.15, 0.2) is 54.1 Å². The van der Waals surface area contributed by atoms with Gasteiger partial charge in [0.05, 0.1) is 0 Å². The molecule has 0 radical (unpaired) electrons. The number of allylic oxidation sites excluding steroid dienone is 2. The quantitative estimate of drug-likeness (QED) is 0.755. The second-order valence-electron chi connectivity index (χ2n) is 7.22. The zero-order valence-corrected chi connectivity index (χ0v) is 14.5. The van der Waals surface area contributed by atoms with Gasteiger partial charge in [-0.3, -0.25) is 9.80 Å². The van der Waals surface area contributed by atoms with Crippen LogP contribution < -0.4 is 0 Å². The van der Waals surface area contributed by atoms with Gasteiger partial charge in [0, 0.05) is 39.3 Å². The highest BCUT2D eigenvalue weighted by Crippen LogP contribution is 2.28. The smallest absolute Gasteiger partial charge is 0.0234 e. The van der Waals surface area contributed by atoms with Crippen LogP contribution in [-0.4, -0.2) is 42.5 Å². The van der Waals surface area contributed by atoms with E-state index in [-0.39, 0.29) is 0 Å². The summed E-state index contributed by atoms with van der Waals surface area (Å²) in [5, 5.41) is 0. The van der Waals surface area contributed by atoms with E-state index in [1.165, 1.54) is 63.1 Å². The third kappa shape index (κ3) is 4.79. The summed E-state index contributed by atoms with van der Waals surface area (Å²) in [6, 6.07) is 10.8. The van der Waals surface area contributed by atoms with Crippen LogP contribution >= 0.6 is 0 Å². The van der Waals surface area contributed by atoms with Crippen molar-refractivity contribution >= 4 is 0 Å². The number of piperazine rings is 1. The molecule has 2 nitrogen and oxygen atoms in total. The van der Waals surface area contributed by atoms with Gasteiger partial charge < -0.3 is 0 Å². The average molecular weight is 310 g/mol. The number of hydrogen-bond acceptors (Lipinski definition) is 2. The van der Waals surface area contributed by atoms with E-state index in [2.05, 4.69) is 59.7 Å². The predicted octanol–water partition coefficient (Wildman–Crippen LogP) is 4.11. The van der Waals surface area contributed by atoms with E-state index >= 15 is 0 Å². The maximum atomic E-state index is 4.12. The van der Waals surface area contributed by atoms with Crippen LogP contribution in [-0.2, 0) is 6.54 Å². The molecular weight excluding hydrogens is 280 g/mol. The van der Waals surface area contributed by atoms with E-state index in [0.717, 1.165) is 12.5 Å². The van der Waals surface area contributed by atoms with Crippen molar-refractivity contribution < 1.29 is 0 Å². The highest BCUT2D eigenvalue weighted by molar-refractivity contribution is 5.15. The van der Waals surface area contributed by atoms with Gasteiger partial charge >= 0.3 is 0 Å². The van der Waals surface area contributed by atoms with E-state index < -0.39 is 0 Å². The van der Waals surface area contributed by atoms with Gasteiger partial charge in [0.2, 0.25) is 0 Å². The Morgan fingerprint density at radius 1 is 1.04 bits per heavy atom. The van der Waals surface area contributed by atoms with Crippen molar-refractivity contribution in [1.82, 2.24) is 9.80 Å². The Balaban J connectivity index is 1.42. The van der Waals surface area contributed by atoms with E-state index in [0.29, 0.717) is 0 Å². The molecule has 1 unspecified atom stereocenters. The lowest BCUT2D eigenvalue weighted by molar-refractivity contribution is 0.133. The van der Waals surface area contributed by atoms with E-state index in [9.17, 15) is 0 Å². The highest BCUT2D eigenvalue weighted by atomic mass is 15.3. The summed E-state index contributed by atoms with van der Waals surface area (Å²) < 4.78 is 0. The summed E-state index contributed by atoms with van der Waals surface area (Å²) in [6.45, 7) is 13.4. The lowest BCUT2D eigenvalue weighted by Gasteiger charge is -2.36. The largest absolute Gasteiger partial charge is 0.297 e. The molecule has 0 N–H and O–H groups in total. The first-order chi connectivity index (χ1) is 11.2. The molecule has 124 valence electrons. The van der Waals surface area contributed by atoms with Crippen LogP contribution in [0.2, 0.25) is 0 Å². The molecule has 1 saturated heterocycles. The summed E-state index contributed by atoms with van der Waals surface area (Å²) in [4.78, 5) is 5.21. The van der Waals surface area contributed by atoms with Crippen molar-refractivity contribution in [2.24, 2.45) is 5.92 Å². The van der Waals surface area contributed by atoms with Gasteiger partial charge in [-0.25, -0.2) is 0 Å². The third-order valence-corrected chi connectivity index (χ3v) is 5.34. The molecule has 0 aromatic heterocycles. The van der Waals surface area contributed by atoms with Crippen molar-refractivity contribution in [2.45, 2.75) is 32.7 Å². The summed E-state index contributed by atoms with van der Waals surface area (Å²) in [6.07, 6.45) is 6.26. The molecule has 2 aliphatic rings. The Hall–Kier alpha value is -1.38. The Morgan fingerprint density at radius 2 is 1.70 bits per heavy atom. The van der Waals surface area contributed by atoms with E-state index in [4.69, 9.17) is 0 Å². The first-order valence-electron chi connectivity index (χ1n) is 9.02. The highest BCUT2D eigenvalue weighted by Gasteiger charge is 2.20. The van der Waals surface area contributed by atoms with Crippen LogP contribution in [0.1, 0.15) is 31.7 Å². The number of benzene rings is 1. The van der Waals surface area contributed by atoms with E-state index in [1.807, 2.05) is 0 Å². The average Bonchev–Trinajstić information content (AvgIpc) is 2.58. The Morgan fingerprint density at radius 3 is 2.26 bits per heavy atom. The minimum Gasteiger partial charge on any atom is -0.297 e. The molecule has 1 aromatic carbocycles. The fraction of sp³-hybridized carbons (Fsp3) is 0.524. The molecule has 1 aliphatic carbocycles. The first-order valence-corrected chi connectivity index (χ1v) is 9.02. The van der Waals surface area contributed by atoms with Crippen LogP contribution in [0.5, 0.6) is 0 Å². The molecule has 2 heteroatoms. The SMILES string of the molecule is C=C(C)C1CC=C(CN2CCN(Cc3ccccc3)CC2)CC1. The second kappa shape index (κ2) is 7.94. The zero-order valence-electron chi connectivity index (χ0n) is 14.5. The maximum absolute atomic E-state index is 4.12. The van der Waals surface area contributed by atoms with Gasteiger partial charge in [-0.05, 0) is 37.7 Å². The van der Waals surface area contributed by atoms with Crippen LogP contribution in [0, 0.1) is 5.92 Å². The van der Waals surface area contributed by atoms with Gasteiger partial charge in [-0.1, -0.05) is 54.1 Å². The van der Waals surface area contributed by atoms with Crippen molar-refractivity contribution in [2.75, 3.05) is 32.7 Å². The normalized spacial score (nSPS) is 23.5. The van der Waals surface area contributed by atoms with Gasteiger partial charge in [-0.2, -0.15) is 0 Å². The molecule has 1 heterocycles. The fourth-order valence-corrected chi connectivity index (χ4v) is 3.71. The summed E-state index contributed by atoms with van der Waals surface area (Å²) >= 11 is 0. The molecule has 1 aliphatic heterocycles. The van der Waals surface area contributed by atoms with Crippen LogP contribution in [0.25, 0.3) is 0 Å². The summed E-state index contributed by atoms with van der Waals surface area (Å²) in [5.41, 5.74) is 4.44. The minimum absolute atomic E-state index is 0.724. The number of rotatable bonds is 5. The Kier molecular flexibility index (Phi) is 5.69. The Labute approximate surface area is 141 Å². The van der Waals surface area contributed by atoms with Crippen LogP contribution in [0.4, 0.5) is 0 Å². The standard InChI is InChI=1S/C21H30N2/c1-18(2)21-10-8-20(9-11-21)17-23-14-12-22(13-15-23)16-19-6-4-3-5-7-19/h3-8,21H,1,9-17H2,2H3. The molecule has 1 fully saturated rings. The van der Waals surface area contributed by atoms with Crippen molar-refractivity contribution in [3.63, 3.8) is 0 Å². The predicted molar refractivity (Wildman–Crippen MR) is 98.4 cm³/mol. The molecule has 0 amide bonds. The molecule has 0 saturated carbocycles. The summed E-state index contributed by atoms with van der Waals surface area (Å²) in [5.74, 6) is 0.724. The molecule has 0 spiro atoms. The lowest BCUT2D eigenvalue weighted by atomic mass is 9.85. The van der Waals surface area contributed by atoms with Gasteiger partial charge in [-0.15, -0.1) is 0 Å². The molecule has 1 aromatic rings. The van der Waals surface area contributed by atoms with Crippen LogP contribution in [0.3, 0.4) is 0 Å². The lowest BCUT2D eigenvalue weighted by Crippen LogP contribution is -2.46. The molecule has 3 rings (SSSR count). The van der Waals surface area contributed by atoms with E-state index in [1.54, 1.807) is 5.57 Å². The van der Waals surface area contributed by atoms with Crippen molar-refractivity contribution in [3.8, 4) is 0 Å². The molecule has 1 atom stereocenters. The summed E-state index contributed by atoms with van der Waals surface area (Å²) in [7, 11) is 0. The second-order valence-corrected chi connectivity index (χ2v) is 7.22. The van der Waals surface area contributed by atoms with Gasteiger partial charge in [0.1, 0.15) is 0 Å². The molecular formula is C21H30N2. The number of nitrogens with zero attached hydrogens (tertiary/aromatic N) is 2. The van der Waals surface area contributed by atoms with Crippen molar-refractivity contribution in [1.29, 1.82) is 0 Å². The minimum atomic E-state index is 0.724. The van der Waals surface area contributed by atoms with Crippen molar-refractivity contribution in [3.05, 3.63) is 59.7 Å². The van der Waals surface area contributed by atoms with Gasteiger partial charge in [0.25, 0.3) is 0 Å².